The molecule has 10 nitrogen and oxygen atoms in total. The highest BCUT2D eigenvalue weighted by Crippen LogP contribution is 2.38. The van der Waals surface area contributed by atoms with E-state index in [9.17, 15) is 29.8 Å². The van der Waals surface area contributed by atoms with Gasteiger partial charge in [0.25, 0.3) is 11.6 Å². The molecule has 2 aromatic rings. The molecule has 0 saturated heterocycles. The second-order valence-electron chi connectivity index (χ2n) is 6.31. The summed E-state index contributed by atoms with van der Waals surface area (Å²) in [7, 11) is 1.10. The lowest BCUT2D eigenvalue weighted by Crippen LogP contribution is -2.21. The van der Waals surface area contributed by atoms with Crippen LogP contribution in [0.2, 0.25) is 0 Å². The Hall–Kier alpha value is -3.78. The normalized spacial score (nSPS) is 11.9. The zero-order chi connectivity index (χ0) is 21.8. The lowest BCUT2D eigenvalue weighted by molar-refractivity contribution is -0.384. The van der Waals surface area contributed by atoms with Crippen LogP contribution in [0, 0.1) is 21.4 Å². The summed E-state index contributed by atoms with van der Waals surface area (Å²) < 4.78 is 9.43. The highest BCUT2D eigenvalue weighted by Gasteiger charge is 2.24. The number of anilines is 1. The molecule has 1 N–H and O–H groups in total. The van der Waals surface area contributed by atoms with E-state index in [1.807, 2.05) is 0 Å². The van der Waals surface area contributed by atoms with E-state index in [1.165, 1.54) is 11.3 Å². The molecule has 0 saturated carbocycles. The van der Waals surface area contributed by atoms with Crippen molar-refractivity contribution in [2.45, 2.75) is 19.3 Å². The molecule has 1 aromatic carbocycles. The van der Waals surface area contributed by atoms with Crippen LogP contribution in [0.3, 0.4) is 0 Å². The number of nitro benzene ring substituents is 1. The SMILES string of the molecule is COC(=O)c1cc(C(=O)OCC(=O)Nc2sc3c(c2C#N)CCC3)cc([N+](=O)[O-])c1. The number of hydrogen-bond acceptors (Lipinski definition) is 9. The Morgan fingerprint density at radius 1 is 1.23 bits per heavy atom. The first-order valence-electron chi connectivity index (χ1n) is 8.73. The zero-order valence-corrected chi connectivity index (χ0v) is 16.5. The van der Waals surface area contributed by atoms with Gasteiger partial charge in [0.05, 0.1) is 28.7 Å². The number of nitro groups is 1. The second-order valence-corrected chi connectivity index (χ2v) is 7.42. The van der Waals surface area contributed by atoms with E-state index in [4.69, 9.17) is 4.74 Å². The van der Waals surface area contributed by atoms with Crippen LogP contribution < -0.4 is 5.32 Å². The monoisotopic (exact) mass is 429 g/mol. The molecule has 1 amide bonds. The van der Waals surface area contributed by atoms with E-state index < -0.39 is 35.1 Å². The molecule has 0 bridgehead atoms. The molecule has 0 aliphatic heterocycles. The standard InChI is InChI=1S/C19H15N3O7S/c1-28-18(24)10-5-11(7-12(6-10)22(26)27)19(25)29-9-16(23)21-17-14(8-20)13-3-2-4-15(13)30-17/h5-7H,2-4,9H2,1H3,(H,21,23). The molecule has 0 atom stereocenters. The number of carbonyl (C=O) groups excluding carboxylic acids is 3. The molecule has 0 fully saturated rings. The van der Waals surface area contributed by atoms with Crippen LogP contribution in [0.25, 0.3) is 0 Å². The Balaban J connectivity index is 1.69. The smallest absolute Gasteiger partial charge is 0.338 e. The van der Waals surface area contributed by atoms with Crippen LogP contribution in [0.5, 0.6) is 0 Å². The number of carbonyl (C=O) groups is 3. The number of nitrogens with zero attached hydrogens (tertiary/aromatic N) is 2. The molecule has 1 aliphatic rings. The van der Waals surface area contributed by atoms with Crippen molar-refractivity contribution < 1.29 is 28.8 Å². The number of fused-ring (bicyclic) bond motifs is 1. The summed E-state index contributed by atoms with van der Waals surface area (Å²) in [5.74, 6) is -2.54. The third-order valence-electron chi connectivity index (χ3n) is 4.41. The number of thiophene rings is 1. The fourth-order valence-electron chi connectivity index (χ4n) is 3.06. The molecular weight excluding hydrogens is 414 g/mol. The molecular formula is C19H15N3O7S. The van der Waals surface area contributed by atoms with E-state index in [0.717, 1.165) is 55.0 Å². The number of hydrogen-bond donors (Lipinski definition) is 1. The third-order valence-corrected chi connectivity index (χ3v) is 5.61. The number of benzene rings is 1. The predicted molar refractivity (Wildman–Crippen MR) is 104 cm³/mol. The van der Waals surface area contributed by atoms with E-state index in [1.54, 1.807) is 0 Å². The van der Waals surface area contributed by atoms with Crippen LogP contribution in [0.4, 0.5) is 10.7 Å². The molecule has 0 spiro atoms. The Morgan fingerprint density at radius 2 is 1.93 bits per heavy atom. The topological polar surface area (TPSA) is 149 Å². The highest BCUT2D eigenvalue weighted by molar-refractivity contribution is 7.16. The van der Waals surface area contributed by atoms with Gasteiger partial charge in [-0.05, 0) is 30.9 Å². The quantitative estimate of drug-likeness (QED) is 0.418. The summed E-state index contributed by atoms with van der Waals surface area (Å²) in [6, 6.07) is 5.07. The lowest BCUT2D eigenvalue weighted by atomic mass is 10.1. The van der Waals surface area contributed by atoms with Crippen molar-refractivity contribution >= 4 is 39.9 Å². The minimum atomic E-state index is -1.02. The summed E-state index contributed by atoms with van der Waals surface area (Å²) >= 11 is 1.32. The molecule has 1 aliphatic carbocycles. The van der Waals surface area contributed by atoms with E-state index in [-0.39, 0.29) is 11.1 Å². The van der Waals surface area contributed by atoms with Gasteiger partial charge in [0, 0.05) is 17.0 Å². The highest BCUT2D eigenvalue weighted by atomic mass is 32.1. The zero-order valence-electron chi connectivity index (χ0n) is 15.7. The molecule has 1 aromatic heterocycles. The van der Waals surface area contributed by atoms with Crippen molar-refractivity contribution in [2.75, 3.05) is 19.0 Å². The summed E-state index contributed by atoms with van der Waals surface area (Å²) in [5, 5.41) is 23.4. The van der Waals surface area contributed by atoms with Crippen LogP contribution in [0.15, 0.2) is 18.2 Å². The van der Waals surface area contributed by atoms with Crippen molar-refractivity contribution in [3.8, 4) is 6.07 Å². The number of amides is 1. The Kier molecular flexibility index (Phi) is 6.08. The number of rotatable bonds is 6. The first kappa shape index (κ1) is 20.9. The molecule has 0 unspecified atom stereocenters. The number of aryl methyl sites for hydroxylation is 1. The largest absolute Gasteiger partial charge is 0.465 e. The third kappa shape index (κ3) is 4.28. The first-order chi connectivity index (χ1) is 14.3. The second kappa shape index (κ2) is 8.71. The minimum absolute atomic E-state index is 0.199. The van der Waals surface area contributed by atoms with Crippen molar-refractivity contribution in [2.24, 2.45) is 0 Å². The Labute approximate surface area is 174 Å². The minimum Gasteiger partial charge on any atom is -0.465 e. The summed E-state index contributed by atoms with van der Waals surface area (Å²) in [4.78, 5) is 47.4. The van der Waals surface area contributed by atoms with Crippen molar-refractivity contribution in [1.29, 1.82) is 5.26 Å². The van der Waals surface area contributed by atoms with Gasteiger partial charge in [-0.2, -0.15) is 5.26 Å². The number of nitrogens with one attached hydrogen (secondary N) is 1. The van der Waals surface area contributed by atoms with Gasteiger partial charge >= 0.3 is 11.9 Å². The van der Waals surface area contributed by atoms with Crippen molar-refractivity contribution in [3.05, 3.63) is 55.4 Å². The van der Waals surface area contributed by atoms with Gasteiger partial charge < -0.3 is 14.8 Å². The molecule has 0 radical (unpaired) electrons. The summed E-state index contributed by atoms with van der Waals surface area (Å²) in [6.45, 7) is -0.664. The molecule has 3 rings (SSSR count). The molecule has 30 heavy (non-hydrogen) atoms. The van der Waals surface area contributed by atoms with Gasteiger partial charge in [-0.15, -0.1) is 11.3 Å². The van der Waals surface area contributed by atoms with Gasteiger partial charge in [0.15, 0.2) is 6.61 Å². The predicted octanol–water partition coefficient (Wildman–Crippen LogP) is 2.60. The fraction of sp³-hybridized carbons (Fsp3) is 0.263. The van der Waals surface area contributed by atoms with Gasteiger partial charge in [-0.3, -0.25) is 14.9 Å². The lowest BCUT2D eigenvalue weighted by Gasteiger charge is -2.07. The number of non-ortho nitro benzene ring substituents is 1. The Morgan fingerprint density at radius 3 is 2.57 bits per heavy atom. The van der Waals surface area contributed by atoms with Crippen LogP contribution in [-0.4, -0.2) is 36.5 Å². The van der Waals surface area contributed by atoms with Crippen LogP contribution in [0.1, 0.15) is 43.1 Å². The van der Waals surface area contributed by atoms with Crippen LogP contribution >= 0.6 is 11.3 Å². The van der Waals surface area contributed by atoms with E-state index in [0.29, 0.717) is 10.6 Å². The maximum absolute atomic E-state index is 12.2. The van der Waals surface area contributed by atoms with Gasteiger partial charge in [0.1, 0.15) is 11.1 Å². The molecule has 11 heteroatoms. The Bertz CT molecular complexity index is 1100. The number of esters is 2. The molecule has 154 valence electrons. The first-order valence-corrected chi connectivity index (χ1v) is 9.55. The average Bonchev–Trinajstić information content (AvgIpc) is 3.31. The van der Waals surface area contributed by atoms with Crippen molar-refractivity contribution in [1.82, 2.24) is 0 Å². The fourth-order valence-corrected chi connectivity index (χ4v) is 4.31. The van der Waals surface area contributed by atoms with Crippen molar-refractivity contribution in [3.63, 3.8) is 0 Å². The maximum Gasteiger partial charge on any atom is 0.338 e. The maximum atomic E-state index is 12.2. The number of ether oxygens (including phenoxy) is 2. The molecule has 1 heterocycles. The van der Waals surface area contributed by atoms with E-state index >= 15 is 0 Å². The van der Waals surface area contributed by atoms with Gasteiger partial charge in [0.2, 0.25) is 0 Å². The summed E-state index contributed by atoms with van der Waals surface area (Å²) in [5.41, 5.74) is 0.399. The number of methoxy groups -OCH3 is 1. The average molecular weight is 429 g/mol. The van der Waals surface area contributed by atoms with Gasteiger partial charge in [-0.1, -0.05) is 0 Å². The van der Waals surface area contributed by atoms with E-state index in [2.05, 4.69) is 16.1 Å². The van der Waals surface area contributed by atoms with Crippen LogP contribution in [-0.2, 0) is 27.1 Å². The van der Waals surface area contributed by atoms with Gasteiger partial charge in [-0.25, -0.2) is 9.59 Å². The number of nitriles is 1. The summed E-state index contributed by atoms with van der Waals surface area (Å²) in [6.07, 6.45) is 2.61.